The molecule has 3 fully saturated rings. The molecule has 4 amide bonds. The number of carbonyl (C=O) groups excluding carboxylic acids is 4. The van der Waals surface area contributed by atoms with Gasteiger partial charge < -0.3 is 14.6 Å². The highest BCUT2D eigenvalue weighted by Crippen LogP contribution is 2.61. The quantitative estimate of drug-likeness (QED) is 0.161. The predicted octanol–water partition coefficient (Wildman–Crippen LogP) is 6.78. The first-order valence-corrected chi connectivity index (χ1v) is 18.8. The molecule has 2 aromatic heterocycles. The summed E-state index contributed by atoms with van der Waals surface area (Å²) in [5.74, 6) is -3.37. The van der Waals surface area contributed by atoms with Crippen molar-refractivity contribution in [1.82, 2.24) is 14.7 Å². The number of likely N-dealkylation sites (tertiary alicyclic amines) is 1. The predicted molar refractivity (Wildman–Crippen MR) is 202 cm³/mol. The lowest BCUT2D eigenvalue weighted by Gasteiger charge is -2.47. The summed E-state index contributed by atoms with van der Waals surface area (Å²) >= 11 is 7.88. The molecule has 13 heteroatoms. The van der Waals surface area contributed by atoms with Crippen LogP contribution >= 0.6 is 22.9 Å². The van der Waals surface area contributed by atoms with E-state index in [0.717, 1.165) is 26.1 Å². The minimum Gasteiger partial charge on any atom is -0.502 e. The van der Waals surface area contributed by atoms with E-state index in [1.165, 1.54) is 24.0 Å². The average Bonchev–Trinajstić information content (AvgIpc) is 3.81. The van der Waals surface area contributed by atoms with Gasteiger partial charge in [0.15, 0.2) is 11.5 Å². The van der Waals surface area contributed by atoms with Gasteiger partial charge in [-0.25, -0.2) is 4.90 Å². The third-order valence-corrected chi connectivity index (χ3v) is 13.5. The number of halogens is 1. The Balaban J connectivity index is 1.24. The molecule has 274 valence electrons. The van der Waals surface area contributed by atoms with Gasteiger partial charge in [0.2, 0.25) is 29.4 Å². The summed E-state index contributed by atoms with van der Waals surface area (Å²) < 4.78 is 13.4. The SMILES string of the molecule is CCN1C(=O)C2CC=C3C(CC4C(=O)N(c5cc(-c6sc7ccc(Cl)cc7c6C)nn5C)C(=O)C4(C)C3C=Cc3cc(OC)c(O)c(OC)c3)C2C1=O. The number of thiophene rings is 1. The zero-order valence-electron chi connectivity index (χ0n) is 30.2. The number of aromatic hydroxyl groups is 1. The van der Waals surface area contributed by atoms with Crippen molar-refractivity contribution >= 4 is 68.5 Å². The number of rotatable bonds is 7. The molecule has 1 saturated carbocycles. The van der Waals surface area contributed by atoms with Crippen molar-refractivity contribution < 1.29 is 33.8 Å². The molecule has 2 aliphatic carbocycles. The van der Waals surface area contributed by atoms with Gasteiger partial charge in [0.05, 0.1) is 42.3 Å². The van der Waals surface area contributed by atoms with E-state index in [9.17, 15) is 24.3 Å². The second-order valence-electron chi connectivity index (χ2n) is 14.5. The molecule has 4 aliphatic rings. The number of carbonyl (C=O) groups is 4. The number of nitrogens with zero attached hydrogens (tertiary/aromatic N) is 4. The summed E-state index contributed by atoms with van der Waals surface area (Å²) in [6, 6.07) is 10.9. The average molecular weight is 755 g/mol. The van der Waals surface area contributed by atoms with E-state index in [2.05, 4.69) is 0 Å². The van der Waals surface area contributed by atoms with Gasteiger partial charge in [0.25, 0.3) is 0 Å². The fraction of sp³-hybridized carbons (Fsp3) is 0.375. The molecule has 4 aromatic rings. The van der Waals surface area contributed by atoms with E-state index in [1.807, 2.05) is 50.3 Å². The number of phenols is 1. The van der Waals surface area contributed by atoms with Gasteiger partial charge in [-0.2, -0.15) is 5.10 Å². The number of fused-ring (bicyclic) bond motifs is 5. The first-order valence-electron chi connectivity index (χ1n) is 17.6. The number of benzene rings is 2. The van der Waals surface area contributed by atoms with E-state index < -0.39 is 35.0 Å². The van der Waals surface area contributed by atoms with E-state index in [-0.39, 0.29) is 53.8 Å². The van der Waals surface area contributed by atoms with Gasteiger partial charge in [-0.05, 0) is 86.4 Å². The molecular formula is C40H39ClN4O7S. The largest absolute Gasteiger partial charge is 0.502 e. The van der Waals surface area contributed by atoms with Crippen molar-refractivity contribution in [1.29, 1.82) is 0 Å². The number of aryl methyl sites for hydroxylation is 2. The zero-order chi connectivity index (χ0) is 37.7. The zero-order valence-corrected chi connectivity index (χ0v) is 31.7. The molecule has 6 unspecified atom stereocenters. The monoisotopic (exact) mass is 754 g/mol. The maximum absolute atomic E-state index is 15.0. The molecule has 53 heavy (non-hydrogen) atoms. The standard InChI is InChI=1S/C40H39ClN4O7S/c1-7-44-36(47)23-11-10-22-25(33(23)38(44)49)17-27-37(48)45(32-18-28(42-43(32)4)35-19(2)24-16-21(41)9-13-31(24)53-35)39(50)40(27,3)26(22)12-8-20-14-29(51-5)34(46)30(15-20)52-6/h8-10,12-16,18,23,25-27,33,46H,7,11,17H2,1-6H3. The molecule has 2 saturated heterocycles. The first-order chi connectivity index (χ1) is 25.3. The van der Waals surface area contributed by atoms with E-state index in [1.54, 1.807) is 48.2 Å². The molecule has 8 rings (SSSR count). The van der Waals surface area contributed by atoms with Crippen LogP contribution in [-0.2, 0) is 26.2 Å². The minimum atomic E-state index is -1.22. The van der Waals surface area contributed by atoms with Crippen molar-refractivity contribution in [2.45, 2.75) is 33.6 Å². The summed E-state index contributed by atoms with van der Waals surface area (Å²) in [6.45, 7) is 5.92. The number of hydrogen-bond donors (Lipinski definition) is 1. The Labute approximate surface area is 315 Å². The van der Waals surface area contributed by atoms with E-state index in [0.29, 0.717) is 28.5 Å². The Morgan fingerprint density at radius 2 is 1.75 bits per heavy atom. The van der Waals surface area contributed by atoms with Crippen molar-refractivity contribution in [2.75, 3.05) is 25.7 Å². The van der Waals surface area contributed by atoms with Crippen LogP contribution in [0.25, 0.3) is 26.7 Å². The molecule has 1 N–H and O–H groups in total. The second kappa shape index (κ2) is 12.6. The topological polar surface area (TPSA) is 131 Å². The number of amides is 4. The molecule has 2 aromatic carbocycles. The van der Waals surface area contributed by atoms with Crippen LogP contribution in [0.3, 0.4) is 0 Å². The lowest BCUT2D eigenvalue weighted by molar-refractivity contribution is -0.140. The van der Waals surface area contributed by atoms with Crippen LogP contribution in [0.4, 0.5) is 5.82 Å². The van der Waals surface area contributed by atoms with Crippen LogP contribution in [0.5, 0.6) is 17.2 Å². The van der Waals surface area contributed by atoms with Crippen LogP contribution in [0, 0.1) is 41.9 Å². The summed E-state index contributed by atoms with van der Waals surface area (Å²) in [5, 5.41) is 17.0. The first kappa shape index (κ1) is 35.1. The van der Waals surface area contributed by atoms with Crippen molar-refractivity contribution in [3.05, 3.63) is 70.3 Å². The third-order valence-electron chi connectivity index (χ3n) is 12.0. The van der Waals surface area contributed by atoms with Gasteiger partial charge in [0, 0.05) is 35.3 Å². The Morgan fingerprint density at radius 1 is 1.04 bits per heavy atom. The fourth-order valence-electron chi connectivity index (χ4n) is 9.25. The second-order valence-corrected chi connectivity index (χ2v) is 16.0. The minimum absolute atomic E-state index is 0.139. The maximum Gasteiger partial charge on any atom is 0.242 e. The van der Waals surface area contributed by atoms with Gasteiger partial charge >= 0.3 is 0 Å². The summed E-state index contributed by atoms with van der Waals surface area (Å²) in [5.41, 5.74) is 1.94. The van der Waals surface area contributed by atoms with Gasteiger partial charge in [0.1, 0.15) is 11.5 Å². The number of anilines is 1. The number of aromatic nitrogens is 2. The van der Waals surface area contributed by atoms with Crippen LogP contribution < -0.4 is 14.4 Å². The molecule has 4 heterocycles. The molecule has 11 nitrogen and oxygen atoms in total. The summed E-state index contributed by atoms with van der Waals surface area (Å²) in [6.07, 6.45) is 6.38. The van der Waals surface area contributed by atoms with Gasteiger partial charge in [-0.15, -0.1) is 11.3 Å². The maximum atomic E-state index is 15.0. The van der Waals surface area contributed by atoms with Crippen LogP contribution in [0.1, 0.15) is 37.8 Å². The van der Waals surface area contributed by atoms with Crippen molar-refractivity contribution in [3.63, 3.8) is 0 Å². The molecule has 0 spiro atoms. The van der Waals surface area contributed by atoms with Crippen molar-refractivity contribution in [2.24, 2.45) is 42.1 Å². The van der Waals surface area contributed by atoms with E-state index in [4.69, 9.17) is 26.2 Å². The Hall–Kier alpha value is -4.94. The lowest BCUT2D eigenvalue weighted by atomic mass is 9.52. The number of ether oxygens (including phenoxy) is 2. The number of phenolic OH excluding ortho intramolecular Hbond substituents is 1. The van der Waals surface area contributed by atoms with Gasteiger partial charge in [-0.1, -0.05) is 35.4 Å². The van der Waals surface area contributed by atoms with Crippen LogP contribution in [-0.4, -0.2) is 64.2 Å². The number of methoxy groups -OCH3 is 2. The molecular weight excluding hydrogens is 716 g/mol. The normalized spacial score (nSPS) is 26.8. The van der Waals surface area contributed by atoms with Crippen LogP contribution in [0.15, 0.2) is 54.1 Å². The van der Waals surface area contributed by atoms with E-state index >= 15 is 0 Å². The fourth-order valence-corrected chi connectivity index (χ4v) is 10.6. The highest BCUT2D eigenvalue weighted by atomic mass is 35.5. The summed E-state index contributed by atoms with van der Waals surface area (Å²) in [4.78, 5) is 60.4. The highest BCUT2D eigenvalue weighted by Gasteiger charge is 2.67. The Bertz CT molecular complexity index is 2300. The third kappa shape index (κ3) is 5.01. The number of imide groups is 2. The lowest BCUT2D eigenvalue weighted by Crippen LogP contribution is -2.49. The molecule has 0 radical (unpaired) electrons. The van der Waals surface area contributed by atoms with Crippen LogP contribution in [0.2, 0.25) is 5.02 Å². The Kier molecular flexibility index (Phi) is 8.34. The Morgan fingerprint density at radius 3 is 2.43 bits per heavy atom. The number of hydrogen-bond acceptors (Lipinski definition) is 9. The summed E-state index contributed by atoms with van der Waals surface area (Å²) in [7, 11) is 4.61. The molecule has 0 bridgehead atoms. The molecule has 6 atom stereocenters. The molecule has 2 aliphatic heterocycles. The number of allylic oxidation sites excluding steroid dienone is 3. The smallest absolute Gasteiger partial charge is 0.242 e. The highest BCUT2D eigenvalue weighted by molar-refractivity contribution is 7.22. The van der Waals surface area contributed by atoms with Gasteiger partial charge in [-0.3, -0.25) is 28.8 Å². The van der Waals surface area contributed by atoms with Crippen molar-refractivity contribution in [3.8, 4) is 27.8 Å².